The van der Waals surface area contributed by atoms with Gasteiger partial charge in [-0.25, -0.2) is 0 Å². The maximum Gasteiger partial charge on any atom is 0.286 e. The monoisotopic (exact) mass is 185 g/mol. The van der Waals surface area contributed by atoms with Gasteiger partial charge in [0.2, 0.25) is 9.92 Å². The topological polar surface area (TPSA) is 53.7 Å². The number of hydrogen-bond donors (Lipinski definition) is 1. The summed E-state index contributed by atoms with van der Waals surface area (Å²) in [5.74, 6) is 0. The minimum atomic E-state index is -0.514. The lowest BCUT2D eigenvalue weighted by atomic mass is 13.9. The van der Waals surface area contributed by atoms with Gasteiger partial charge >= 0.3 is 0 Å². The minimum absolute atomic E-state index is 0.333. The van der Waals surface area contributed by atoms with Gasteiger partial charge in [0.1, 0.15) is 10.5 Å². The van der Waals surface area contributed by atoms with Gasteiger partial charge in [0.05, 0.1) is 0 Å². The van der Waals surface area contributed by atoms with Gasteiger partial charge in [0.15, 0.2) is 0 Å². The first kappa shape index (κ1) is 8.71. The van der Waals surface area contributed by atoms with Gasteiger partial charge in [-0.15, -0.1) is 0 Å². The fraction of sp³-hybridized carbons (Fsp3) is 0. The smallest absolute Gasteiger partial charge is 0.286 e. The highest BCUT2D eigenvalue weighted by atomic mass is 28.4. The molecule has 2 N–H and O–H groups in total. The molecule has 0 atom stereocenters. The van der Waals surface area contributed by atoms with Crippen LogP contribution in [0.3, 0.4) is 0 Å². The average Bonchev–Trinajstić information content (AvgIpc) is 1.61. The van der Waals surface area contributed by atoms with Crippen LogP contribution in [0.4, 0.5) is 0 Å². The Morgan fingerprint density at radius 3 is 1.75 bits per heavy atom. The van der Waals surface area contributed by atoms with Gasteiger partial charge < -0.3 is 17.7 Å². The lowest BCUT2D eigenvalue weighted by Crippen LogP contribution is -2.23. The largest absolute Gasteiger partial charge is 0.457 e. The molecule has 1 aliphatic heterocycles. The second kappa shape index (κ2) is 7.71. The quantitative estimate of drug-likeness (QED) is 0.417. The fourth-order valence-electron chi connectivity index (χ4n) is 0.0833. The summed E-state index contributed by atoms with van der Waals surface area (Å²) >= 11 is 0. The summed E-state index contributed by atoms with van der Waals surface area (Å²) < 4.78 is 14.2. The van der Waals surface area contributed by atoms with Crippen LogP contribution in [0.1, 0.15) is 0 Å². The van der Waals surface area contributed by atoms with Gasteiger partial charge in [-0.1, -0.05) is 0 Å². The Morgan fingerprint density at radius 2 is 1.75 bits per heavy atom. The average molecular weight is 185 g/mol. The van der Waals surface area contributed by atoms with Crippen molar-refractivity contribution in [1.29, 1.82) is 0 Å². The van der Waals surface area contributed by atoms with E-state index in [-0.39, 0.29) is 20.0 Å². The van der Waals surface area contributed by atoms with E-state index < -0.39 is 9.92 Å². The Bertz CT molecular complexity index is 32.3. The summed E-state index contributed by atoms with van der Waals surface area (Å²) in [5.41, 5.74) is 0. The van der Waals surface area contributed by atoms with Gasteiger partial charge in [0.25, 0.3) is 20.0 Å². The van der Waals surface area contributed by atoms with Gasteiger partial charge in [-0.2, -0.15) is 0 Å². The maximum absolute atomic E-state index is 4.98. The Hall–Kier alpha value is 0.708. The van der Waals surface area contributed by atoms with E-state index in [1.165, 1.54) is 0 Å². The second-order valence-corrected chi connectivity index (χ2v) is 7.48. The van der Waals surface area contributed by atoms with Crippen molar-refractivity contribution in [3.05, 3.63) is 0 Å². The van der Waals surface area contributed by atoms with Crippen LogP contribution in [0.25, 0.3) is 0 Å². The first-order valence-electron chi connectivity index (χ1n) is 2.26. The zero-order chi connectivity index (χ0) is 6.24. The molecule has 1 rings (SSSR count). The standard InChI is InChI=1S/H7NOSi2.H4O2Si2/c1-4-2-3;1-3-2-4-1/h1,4H2,3H3;3-4H2. The molecule has 1 aliphatic rings. The molecule has 1 saturated heterocycles. The Morgan fingerprint density at radius 1 is 1.50 bits per heavy atom. The molecule has 0 aliphatic carbocycles. The molecule has 8 heavy (non-hydrogen) atoms. The molecular formula is H11NO3Si4. The van der Waals surface area contributed by atoms with Crippen molar-refractivity contribution in [3.8, 4) is 0 Å². The van der Waals surface area contributed by atoms with Crippen LogP contribution < -0.4 is 5.40 Å². The van der Waals surface area contributed by atoms with E-state index in [4.69, 9.17) is 13.6 Å². The number of hydrogen-bond acceptors (Lipinski definition) is 4. The highest BCUT2D eigenvalue weighted by Gasteiger charge is 1.96. The van der Waals surface area contributed by atoms with E-state index in [1.807, 2.05) is 0 Å². The molecule has 50 valence electrons. The molecule has 1 fully saturated rings. The number of nitrogens with two attached hydrogens (primary N) is 1. The van der Waals surface area contributed by atoms with E-state index in [0.717, 1.165) is 10.5 Å². The predicted octanol–water partition coefficient (Wildman–Crippen LogP) is -4.73. The Balaban J connectivity index is 0.000000122. The lowest BCUT2D eigenvalue weighted by molar-refractivity contribution is 0.346. The molecule has 8 heteroatoms. The third kappa shape index (κ3) is 6.71. The summed E-state index contributed by atoms with van der Waals surface area (Å²) in [7, 11) is -0.354. The highest BCUT2D eigenvalue weighted by Crippen LogP contribution is 1.78. The summed E-state index contributed by atoms with van der Waals surface area (Å²) in [5, 5.41) is 4.98. The Kier molecular flexibility index (Phi) is 8.39. The molecular weight excluding hydrogens is 174 g/mol. The third-order valence-corrected chi connectivity index (χ3v) is 4.50. The van der Waals surface area contributed by atoms with Crippen molar-refractivity contribution >= 4 is 40.4 Å². The molecule has 4 nitrogen and oxygen atoms in total. The SMILES string of the molecule is N[SiH2]O[SiH3].O1[SiH2]O[SiH2]1. The molecule has 1 heterocycles. The van der Waals surface area contributed by atoms with Crippen LogP contribution in [0.5, 0.6) is 0 Å². The molecule has 0 aromatic carbocycles. The summed E-state index contributed by atoms with van der Waals surface area (Å²) in [6.45, 7) is 0. The van der Waals surface area contributed by atoms with Crippen molar-refractivity contribution in [2.75, 3.05) is 0 Å². The fourth-order valence-corrected chi connectivity index (χ4v) is 0.750. The van der Waals surface area contributed by atoms with Crippen molar-refractivity contribution < 1.29 is 12.3 Å². The summed E-state index contributed by atoms with van der Waals surface area (Å²) in [6, 6.07) is 0. The van der Waals surface area contributed by atoms with Crippen molar-refractivity contribution in [3.63, 3.8) is 0 Å². The van der Waals surface area contributed by atoms with Crippen molar-refractivity contribution in [2.45, 2.75) is 0 Å². The zero-order valence-electron chi connectivity index (χ0n) is 4.92. The van der Waals surface area contributed by atoms with Gasteiger partial charge in [-0.05, 0) is 0 Å². The molecule has 0 aromatic rings. The van der Waals surface area contributed by atoms with E-state index in [2.05, 4.69) is 4.12 Å². The molecule has 0 spiro atoms. The number of rotatable bonds is 1. The molecule has 0 bridgehead atoms. The summed E-state index contributed by atoms with van der Waals surface area (Å²) in [4.78, 5) is 0. The van der Waals surface area contributed by atoms with Crippen molar-refractivity contribution in [2.24, 2.45) is 5.40 Å². The normalized spacial score (nSPS) is 23.6. The molecule has 0 radical (unpaired) electrons. The first-order chi connectivity index (χ1) is 3.91. The van der Waals surface area contributed by atoms with Crippen LogP contribution in [0.15, 0.2) is 0 Å². The van der Waals surface area contributed by atoms with Gasteiger partial charge in [-0.3, -0.25) is 0 Å². The maximum atomic E-state index is 4.98. The van der Waals surface area contributed by atoms with E-state index in [0.29, 0.717) is 0 Å². The molecule has 0 saturated carbocycles. The van der Waals surface area contributed by atoms with Crippen LogP contribution in [-0.4, -0.2) is 40.4 Å². The van der Waals surface area contributed by atoms with Crippen molar-refractivity contribution in [1.82, 2.24) is 0 Å². The highest BCUT2D eigenvalue weighted by molar-refractivity contribution is 6.49. The van der Waals surface area contributed by atoms with E-state index >= 15 is 0 Å². The van der Waals surface area contributed by atoms with E-state index in [9.17, 15) is 0 Å². The zero-order valence-corrected chi connectivity index (χ0v) is 11.2. The molecule has 0 amide bonds. The summed E-state index contributed by atoms with van der Waals surface area (Å²) in [6.07, 6.45) is 0. The van der Waals surface area contributed by atoms with Crippen LogP contribution in [0.2, 0.25) is 0 Å². The lowest BCUT2D eigenvalue weighted by Gasteiger charge is -2.10. The molecule has 0 unspecified atom stereocenters. The van der Waals surface area contributed by atoms with Gasteiger partial charge in [0, 0.05) is 0 Å². The van der Waals surface area contributed by atoms with Crippen LogP contribution >= 0.6 is 0 Å². The Labute approximate surface area is 58.8 Å². The van der Waals surface area contributed by atoms with E-state index in [1.54, 1.807) is 0 Å². The minimum Gasteiger partial charge on any atom is -0.457 e. The first-order valence-corrected chi connectivity index (χ1v) is 6.78. The molecule has 0 aromatic heterocycles. The van der Waals surface area contributed by atoms with Crippen LogP contribution in [-0.2, 0) is 12.3 Å². The van der Waals surface area contributed by atoms with Crippen LogP contribution in [0, 0.1) is 0 Å². The second-order valence-electron chi connectivity index (χ2n) is 1.10. The third-order valence-electron chi connectivity index (χ3n) is 0.500. The predicted molar refractivity (Wildman–Crippen MR) is 43.0 cm³/mol.